The normalized spacial score (nSPS) is 13.4. The van der Waals surface area contributed by atoms with Gasteiger partial charge in [0, 0.05) is 6.20 Å². The van der Waals surface area contributed by atoms with Crippen LogP contribution in [-0.2, 0) is 11.0 Å². The second-order valence-corrected chi connectivity index (χ2v) is 5.59. The Morgan fingerprint density at radius 1 is 1.08 bits per heavy atom. The predicted octanol–water partition coefficient (Wildman–Crippen LogP) is 2.94. The molecule has 0 saturated carbocycles. The maximum absolute atomic E-state index is 4.37. The quantitative estimate of drug-likeness (QED) is 0.600. The largest absolute Gasteiger partial charge is 0.267 e. The molecule has 1 heterocycles. The molecule has 0 spiro atoms. The van der Waals surface area contributed by atoms with Crippen LogP contribution >= 0.6 is 0 Å². The monoisotopic (exact) mass is 180 g/mol. The Balaban J connectivity index is 3.01. The van der Waals surface area contributed by atoms with Crippen LogP contribution < -0.4 is 0 Å². The minimum Gasteiger partial charge on any atom is -0.267 e. The number of nitrogens with zero attached hydrogens (tertiary/aromatic N) is 2. The van der Waals surface area contributed by atoms with Crippen molar-refractivity contribution in [2.75, 3.05) is 0 Å². The molecule has 1 rings (SSSR count). The van der Waals surface area contributed by atoms with E-state index in [0.29, 0.717) is 0 Å². The number of hydrogen-bond donors (Lipinski definition) is 0. The first-order valence-electron chi connectivity index (χ1n) is 4.77. The van der Waals surface area contributed by atoms with Crippen molar-refractivity contribution in [1.29, 1.82) is 0 Å². The Bertz CT molecular complexity index is 255. The molecule has 13 heavy (non-hydrogen) atoms. The molecular formula is C11H20N2. The van der Waals surface area contributed by atoms with Gasteiger partial charge >= 0.3 is 0 Å². The maximum atomic E-state index is 4.37. The van der Waals surface area contributed by atoms with Crippen LogP contribution in [0.5, 0.6) is 0 Å². The van der Waals surface area contributed by atoms with Crippen molar-refractivity contribution >= 4 is 0 Å². The maximum Gasteiger partial charge on any atom is 0.0543 e. The molecule has 0 radical (unpaired) electrons. The van der Waals surface area contributed by atoms with Crippen molar-refractivity contribution in [1.82, 2.24) is 9.78 Å². The summed E-state index contributed by atoms with van der Waals surface area (Å²) in [5, 5.41) is 4.37. The van der Waals surface area contributed by atoms with Gasteiger partial charge in [-0.15, -0.1) is 0 Å². The lowest BCUT2D eigenvalue weighted by atomic mass is 9.90. The average molecular weight is 180 g/mol. The molecule has 0 unspecified atom stereocenters. The van der Waals surface area contributed by atoms with Gasteiger partial charge in [-0.25, -0.2) is 0 Å². The summed E-state index contributed by atoms with van der Waals surface area (Å²) in [5.74, 6) is 0. The SMILES string of the molecule is CC(C)(C)c1cnn(C(C)(C)C)c1. The third kappa shape index (κ3) is 2.33. The summed E-state index contributed by atoms with van der Waals surface area (Å²) in [6.07, 6.45) is 4.10. The Morgan fingerprint density at radius 3 is 1.85 bits per heavy atom. The fourth-order valence-corrected chi connectivity index (χ4v) is 1.08. The van der Waals surface area contributed by atoms with E-state index >= 15 is 0 Å². The molecule has 0 amide bonds. The summed E-state index contributed by atoms with van der Waals surface area (Å²) in [4.78, 5) is 0. The molecule has 0 aliphatic heterocycles. The molecule has 1 aromatic heterocycles. The molecule has 0 atom stereocenters. The summed E-state index contributed by atoms with van der Waals surface area (Å²) in [5.41, 5.74) is 1.58. The second kappa shape index (κ2) is 2.86. The topological polar surface area (TPSA) is 17.8 Å². The van der Waals surface area contributed by atoms with Gasteiger partial charge in [-0.2, -0.15) is 5.10 Å². The van der Waals surface area contributed by atoms with Gasteiger partial charge in [0.15, 0.2) is 0 Å². The van der Waals surface area contributed by atoms with Crippen LogP contribution in [0.25, 0.3) is 0 Å². The van der Waals surface area contributed by atoms with Crippen LogP contribution in [-0.4, -0.2) is 9.78 Å². The highest BCUT2D eigenvalue weighted by atomic mass is 15.3. The Hall–Kier alpha value is -0.790. The first-order chi connectivity index (χ1) is 5.71. The molecular weight excluding hydrogens is 160 g/mol. The highest BCUT2D eigenvalue weighted by Gasteiger charge is 2.19. The van der Waals surface area contributed by atoms with Gasteiger partial charge < -0.3 is 0 Å². The van der Waals surface area contributed by atoms with Crippen molar-refractivity contribution in [2.45, 2.75) is 52.5 Å². The number of hydrogen-bond acceptors (Lipinski definition) is 1. The van der Waals surface area contributed by atoms with Crippen molar-refractivity contribution in [3.63, 3.8) is 0 Å². The molecule has 2 heteroatoms. The van der Waals surface area contributed by atoms with Gasteiger partial charge in [-0.3, -0.25) is 4.68 Å². The minimum atomic E-state index is 0.0868. The lowest BCUT2D eigenvalue weighted by Gasteiger charge is -2.20. The van der Waals surface area contributed by atoms with E-state index in [2.05, 4.69) is 52.8 Å². The van der Waals surface area contributed by atoms with E-state index in [1.165, 1.54) is 5.56 Å². The van der Waals surface area contributed by atoms with E-state index in [9.17, 15) is 0 Å². The van der Waals surface area contributed by atoms with E-state index in [1.807, 2.05) is 10.9 Å². The third-order valence-electron chi connectivity index (χ3n) is 2.14. The first-order valence-corrected chi connectivity index (χ1v) is 4.77. The highest BCUT2D eigenvalue weighted by molar-refractivity contribution is 5.15. The molecule has 0 fully saturated rings. The molecule has 1 aromatic rings. The Kier molecular flexibility index (Phi) is 2.27. The molecule has 0 aromatic carbocycles. The van der Waals surface area contributed by atoms with Crippen molar-refractivity contribution < 1.29 is 0 Å². The molecule has 0 N–H and O–H groups in total. The lowest BCUT2D eigenvalue weighted by molar-refractivity contribution is 0.354. The van der Waals surface area contributed by atoms with Crippen LogP contribution in [0.2, 0.25) is 0 Å². The fourth-order valence-electron chi connectivity index (χ4n) is 1.08. The predicted molar refractivity (Wildman–Crippen MR) is 55.9 cm³/mol. The first kappa shape index (κ1) is 10.3. The molecule has 2 nitrogen and oxygen atoms in total. The molecule has 0 aliphatic carbocycles. The smallest absolute Gasteiger partial charge is 0.0543 e. The van der Waals surface area contributed by atoms with Crippen LogP contribution in [0, 0.1) is 0 Å². The minimum absolute atomic E-state index is 0.0868. The zero-order valence-corrected chi connectivity index (χ0v) is 9.55. The van der Waals surface area contributed by atoms with E-state index in [4.69, 9.17) is 0 Å². The standard InChI is InChI=1S/C11H20N2/c1-10(2,3)9-7-12-13(8-9)11(4,5)6/h7-8H,1-6H3. The van der Waals surface area contributed by atoms with Crippen LogP contribution in [0.15, 0.2) is 12.4 Å². The summed E-state index contributed by atoms with van der Waals surface area (Å²) >= 11 is 0. The van der Waals surface area contributed by atoms with E-state index < -0.39 is 0 Å². The van der Waals surface area contributed by atoms with Gasteiger partial charge in [-0.1, -0.05) is 20.8 Å². The zero-order valence-electron chi connectivity index (χ0n) is 9.55. The van der Waals surface area contributed by atoms with Crippen molar-refractivity contribution in [3.05, 3.63) is 18.0 Å². The summed E-state index contributed by atoms with van der Waals surface area (Å²) in [6.45, 7) is 13.1. The Morgan fingerprint density at radius 2 is 1.62 bits per heavy atom. The van der Waals surface area contributed by atoms with Gasteiger partial charge in [-0.05, 0) is 31.7 Å². The van der Waals surface area contributed by atoms with Gasteiger partial charge in [0.25, 0.3) is 0 Å². The number of aromatic nitrogens is 2. The van der Waals surface area contributed by atoms with Crippen LogP contribution in [0.3, 0.4) is 0 Å². The van der Waals surface area contributed by atoms with E-state index in [1.54, 1.807) is 0 Å². The summed E-state index contributed by atoms with van der Waals surface area (Å²) in [6, 6.07) is 0. The lowest BCUT2D eigenvalue weighted by Crippen LogP contribution is -2.22. The van der Waals surface area contributed by atoms with Gasteiger partial charge in [0.2, 0.25) is 0 Å². The molecule has 0 saturated heterocycles. The molecule has 74 valence electrons. The zero-order chi connectivity index (χ0) is 10.3. The molecule has 0 aliphatic rings. The Labute approximate surface area is 81.0 Å². The molecule has 0 bridgehead atoms. The van der Waals surface area contributed by atoms with Crippen molar-refractivity contribution in [2.24, 2.45) is 0 Å². The van der Waals surface area contributed by atoms with Gasteiger partial charge in [0.1, 0.15) is 0 Å². The number of rotatable bonds is 0. The van der Waals surface area contributed by atoms with Gasteiger partial charge in [0.05, 0.1) is 11.7 Å². The van der Waals surface area contributed by atoms with Crippen molar-refractivity contribution in [3.8, 4) is 0 Å². The second-order valence-electron chi connectivity index (χ2n) is 5.59. The van der Waals surface area contributed by atoms with E-state index in [-0.39, 0.29) is 11.0 Å². The van der Waals surface area contributed by atoms with Crippen LogP contribution in [0.1, 0.15) is 47.1 Å². The summed E-state index contributed by atoms with van der Waals surface area (Å²) in [7, 11) is 0. The summed E-state index contributed by atoms with van der Waals surface area (Å²) < 4.78 is 2.02. The highest BCUT2D eigenvalue weighted by Crippen LogP contribution is 2.23. The van der Waals surface area contributed by atoms with E-state index in [0.717, 1.165) is 0 Å². The fraction of sp³-hybridized carbons (Fsp3) is 0.727. The van der Waals surface area contributed by atoms with Crippen LogP contribution in [0.4, 0.5) is 0 Å². The third-order valence-corrected chi connectivity index (χ3v) is 2.14. The average Bonchev–Trinajstić information content (AvgIpc) is 2.28.